The number of nitrogens with zero attached hydrogens (tertiary/aromatic N) is 2. The molecule has 0 aliphatic heterocycles. The summed E-state index contributed by atoms with van der Waals surface area (Å²) in [6, 6.07) is 2.12. The third kappa shape index (κ3) is 3.07. The Morgan fingerprint density at radius 1 is 1.59 bits per heavy atom. The summed E-state index contributed by atoms with van der Waals surface area (Å²) in [4.78, 5) is 13.6. The number of carbonyl (C=O) groups is 1. The van der Waals surface area contributed by atoms with Crippen LogP contribution >= 0.6 is 15.9 Å². The number of amides is 1. The summed E-state index contributed by atoms with van der Waals surface area (Å²) >= 11 is 2.74. The van der Waals surface area contributed by atoms with Crippen molar-refractivity contribution in [2.75, 3.05) is 5.32 Å². The monoisotopic (exact) mass is 309 g/mol. The molecule has 0 aromatic carbocycles. The van der Waals surface area contributed by atoms with Gasteiger partial charge in [-0.3, -0.25) is 5.32 Å². The predicted molar refractivity (Wildman–Crippen MR) is 53.3 cm³/mol. The number of alkyl halides is 3. The number of nitriles is 1. The van der Waals surface area contributed by atoms with Crippen LogP contribution in [0.3, 0.4) is 0 Å². The number of rotatable bonds is 1. The van der Waals surface area contributed by atoms with Gasteiger partial charge in [0.25, 0.3) is 0 Å². The standard InChI is InChI=1S/C8H3BrF3N3O2/c9-4-1-3(8(10,11)12)6(15-7(16)17)14-5(4)2-13/h1H,(H,14,15)(H,16,17). The molecule has 1 heterocycles. The van der Waals surface area contributed by atoms with Gasteiger partial charge < -0.3 is 5.11 Å². The molecule has 0 atom stereocenters. The third-order valence-corrected chi connectivity index (χ3v) is 2.22. The predicted octanol–water partition coefficient (Wildman–Crippen LogP) is 2.82. The van der Waals surface area contributed by atoms with Crippen LogP contribution in [0, 0.1) is 11.3 Å². The van der Waals surface area contributed by atoms with Gasteiger partial charge in [0, 0.05) is 0 Å². The zero-order valence-corrected chi connectivity index (χ0v) is 9.43. The molecule has 0 saturated carbocycles. The lowest BCUT2D eigenvalue weighted by molar-refractivity contribution is -0.137. The molecule has 0 saturated heterocycles. The lowest BCUT2D eigenvalue weighted by Crippen LogP contribution is -2.16. The maximum atomic E-state index is 12.5. The normalized spacial score (nSPS) is 10.8. The van der Waals surface area contributed by atoms with Crippen molar-refractivity contribution in [3.05, 3.63) is 21.8 Å². The van der Waals surface area contributed by atoms with Gasteiger partial charge >= 0.3 is 12.3 Å². The van der Waals surface area contributed by atoms with Crippen LogP contribution in [-0.2, 0) is 6.18 Å². The fraction of sp³-hybridized carbons (Fsp3) is 0.125. The van der Waals surface area contributed by atoms with Crippen LogP contribution in [0.25, 0.3) is 0 Å². The molecule has 0 spiro atoms. The number of aromatic nitrogens is 1. The van der Waals surface area contributed by atoms with Crippen molar-refractivity contribution < 1.29 is 23.1 Å². The SMILES string of the molecule is N#Cc1nc(NC(=O)O)c(C(F)(F)F)cc1Br. The van der Waals surface area contributed by atoms with Gasteiger partial charge in [-0.15, -0.1) is 0 Å². The number of nitrogens with one attached hydrogen (secondary N) is 1. The molecule has 0 fully saturated rings. The average molecular weight is 310 g/mol. The molecule has 5 nitrogen and oxygen atoms in total. The molecule has 1 aromatic rings. The highest BCUT2D eigenvalue weighted by Crippen LogP contribution is 2.36. The fourth-order valence-corrected chi connectivity index (χ4v) is 1.39. The summed E-state index contributed by atoms with van der Waals surface area (Å²) in [5, 5.41) is 18.4. The Labute approximate surface area is 101 Å². The molecule has 0 unspecified atom stereocenters. The van der Waals surface area contributed by atoms with E-state index in [-0.39, 0.29) is 10.2 Å². The number of carboxylic acid groups (broad SMARTS) is 1. The van der Waals surface area contributed by atoms with E-state index in [1.165, 1.54) is 11.4 Å². The van der Waals surface area contributed by atoms with Crippen molar-refractivity contribution in [2.45, 2.75) is 6.18 Å². The Hall–Kier alpha value is -1.82. The van der Waals surface area contributed by atoms with Gasteiger partial charge in [0.05, 0.1) is 10.0 Å². The van der Waals surface area contributed by atoms with Crippen molar-refractivity contribution in [1.29, 1.82) is 5.26 Å². The van der Waals surface area contributed by atoms with E-state index in [0.717, 1.165) is 0 Å². The Balaban J connectivity index is 3.43. The van der Waals surface area contributed by atoms with Crippen LogP contribution in [0.5, 0.6) is 0 Å². The van der Waals surface area contributed by atoms with Crippen LogP contribution in [0.15, 0.2) is 10.5 Å². The van der Waals surface area contributed by atoms with Crippen LogP contribution in [-0.4, -0.2) is 16.2 Å². The summed E-state index contributed by atoms with van der Waals surface area (Å²) in [6.45, 7) is 0. The number of anilines is 1. The fourth-order valence-electron chi connectivity index (χ4n) is 0.980. The minimum Gasteiger partial charge on any atom is -0.465 e. The van der Waals surface area contributed by atoms with Gasteiger partial charge in [-0.1, -0.05) is 0 Å². The summed E-state index contributed by atoms with van der Waals surface area (Å²) in [6.07, 6.45) is -6.48. The number of hydrogen-bond donors (Lipinski definition) is 2. The van der Waals surface area contributed by atoms with E-state index in [9.17, 15) is 18.0 Å². The molecule has 0 aliphatic carbocycles. The minimum absolute atomic E-state index is 0.164. The molecule has 2 N–H and O–H groups in total. The summed E-state index contributed by atoms with van der Waals surface area (Å²) in [7, 11) is 0. The highest BCUT2D eigenvalue weighted by atomic mass is 79.9. The highest BCUT2D eigenvalue weighted by molar-refractivity contribution is 9.10. The first kappa shape index (κ1) is 13.2. The molecule has 0 aliphatic rings. The molecule has 9 heteroatoms. The lowest BCUT2D eigenvalue weighted by atomic mass is 10.2. The second-order valence-corrected chi connectivity index (χ2v) is 3.61. The largest absolute Gasteiger partial charge is 0.465 e. The van der Waals surface area contributed by atoms with Crippen LogP contribution in [0.2, 0.25) is 0 Å². The Kier molecular flexibility index (Phi) is 3.57. The van der Waals surface area contributed by atoms with Crippen molar-refractivity contribution in [3.63, 3.8) is 0 Å². The summed E-state index contributed by atoms with van der Waals surface area (Å²) < 4.78 is 37.4. The summed E-state index contributed by atoms with van der Waals surface area (Å²) in [5.74, 6) is -0.926. The molecular formula is C8H3BrF3N3O2. The quantitative estimate of drug-likeness (QED) is 0.835. The van der Waals surface area contributed by atoms with Gasteiger partial charge in [-0.2, -0.15) is 18.4 Å². The van der Waals surface area contributed by atoms with Gasteiger partial charge in [0.2, 0.25) is 0 Å². The van der Waals surface area contributed by atoms with Crippen molar-refractivity contribution in [3.8, 4) is 6.07 Å². The molecule has 90 valence electrons. The first-order chi connectivity index (χ1) is 7.75. The Morgan fingerprint density at radius 2 is 2.18 bits per heavy atom. The molecule has 1 aromatic heterocycles. The van der Waals surface area contributed by atoms with E-state index in [2.05, 4.69) is 20.9 Å². The third-order valence-electron chi connectivity index (χ3n) is 1.61. The maximum Gasteiger partial charge on any atom is 0.420 e. The topological polar surface area (TPSA) is 86.0 Å². The van der Waals surface area contributed by atoms with E-state index in [0.29, 0.717) is 6.07 Å². The summed E-state index contributed by atoms with van der Waals surface area (Å²) in [5.41, 5.74) is -1.62. The molecule has 0 radical (unpaired) electrons. The van der Waals surface area contributed by atoms with E-state index in [1.807, 2.05) is 0 Å². The minimum atomic E-state index is -4.78. The number of pyridine rings is 1. The van der Waals surface area contributed by atoms with Crippen LogP contribution in [0.4, 0.5) is 23.8 Å². The number of halogens is 4. The molecule has 0 bridgehead atoms. The molecular weight excluding hydrogens is 307 g/mol. The second-order valence-electron chi connectivity index (χ2n) is 2.75. The highest BCUT2D eigenvalue weighted by Gasteiger charge is 2.36. The van der Waals surface area contributed by atoms with Crippen LogP contribution < -0.4 is 5.32 Å². The Morgan fingerprint density at radius 3 is 2.59 bits per heavy atom. The zero-order chi connectivity index (χ0) is 13.2. The van der Waals surface area contributed by atoms with Crippen molar-refractivity contribution in [1.82, 2.24) is 4.98 Å². The second kappa shape index (κ2) is 4.58. The maximum absolute atomic E-state index is 12.5. The van der Waals surface area contributed by atoms with Crippen molar-refractivity contribution in [2.24, 2.45) is 0 Å². The van der Waals surface area contributed by atoms with Gasteiger partial charge in [0.1, 0.15) is 11.9 Å². The van der Waals surface area contributed by atoms with Gasteiger partial charge in [-0.25, -0.2) is 9.78 Å². The molecule has 1 amide bonds. The van der Waals surface area contributed by atoms with E-state index in [1.54, 1.807) is 0 Å². The van der Waals surface area contributed by atoms with Crippen LogP contribution in [0.1, 0.15) is 11.3 Å². The molecule has 17 heavy (non-hydrogen) atoms. The lowest BCUT2D eigenvalue weighted by Gasteiger charge is -2.12. The van der Waals surface area contributed by atoms with E-state index < -0.39 is 23.7 Å². The number of hydrogen-bond acceptors (Lipinski definition) is 3. The van der Waals surface area contributed by atoms with Gasteiger partial charge in [-0.05, 0) is 22.0 Å². The average Bonchev–Trinajstić information content (AvgIpc) is 2.17. The molecule has 1 rings (SSSR count). The first-order valence-corrected chi connectivity index (χ1v) is 4.72. The van der Waals surface area contributed by atoms with Crippen molar-refractivity contribution >= 4 is 27.8 Å². The Bertz CT molecular complexity index is 510. The first-order valence-electron chi connectivity index (χ1n) is 3.93. The van der Waals surface area contributed by atoms with Gasteiger partial charge in [0.15, 0.2) is 5.69 Å². The van der Waals surface area contributed by atoms with E-state index >= 15 is 0 Å². The zero-order valence-electron chi connectivity index (χ0n) is 7.84. The smallest absolute Gasteiger partial charge is 0.420 e. The van der Waals surface area contributed by atoms with E-state index in [4.69, 9.17) is 10.4 Å².